The van der Waals surface area contributed by atoms with Crippen LogP contribution >= 0.6 is 24.2 Å². The Bertz CT molecular complexity index is 2440. The van der Waals surface area contributed by atoms with Gasteiger partial charge in [-0.3, -0.25) is 13.7 Å². The summed E-state index contributed by atoms with van der Waals surface area (Å²) in [5.74, 6) is 0.0953. The average molecular weight is 1310 g/mol. The van der Waals surface area contributed by atoms with Crippen molar-refractivity contribution in [2.75, 3.05) is 83.6 Å². The van der Waals surface area contributed by atoms with Crippen molar-refractivity contribution < 1.29 is 71.4 Å². The number of unbranched alkanes of at least 4 members (excludes halogenated alkanes) is 9. The summed E-state index contributed by atoms with van der Waals surface area (Å²) in [5.41, 5.74) is 12.2. The van der Waals surface area contributed by atoms with Crippen molar-refractivity contribution in [1.29, 1.82) is 0 Å². The average Bonchev–Trinajstić information content (AvgIpc) is 2.61. The molecule has 11 atom stereocenters. The molecule has 4 aromatic rings. The highest BCUT2D eigenvalue weighted by atomic mass is 31.3. The molecule has 28 nitrogen and oxygen atoms in total. The number of fused-ring (bicyclic) bond motifs is 2. The summed E-state index contributed by atoms with van der Waals surface area (Å²) in [5, 5.41) is 41.9. The molecular weight excluding hydrogens is 1200 g/mol. The van der Waals surface area contributed by atoms with E-state index in [1.165, 1.54) is 196 Å². The van der Waals surface area contributed by atoms with Gasteiger partial charge in [-0.15, -0.1) is 0 Å². The van der Waals surface area contributed by atoms with E-state index in [4.69, 9.17) is 25.5 Å². The van der Waals surface area contributed by atoms with Crippen LogP contribution in [0, 0.1) is 0 Å². The number of anilines is 2. The van der Waals surface area contributed by atoms with Crippen molar-refractivity contribution in [3.05, 3.63) is 25.3 Å². The summed E-state index contributed by atoms with van der Waals surface area (Å²) in [6.45, 7) is 30.7. The van der Waals surface area contributed by atoms with Crippen molar-refractivity contribution in [2.45, 2.75) is 227 Å². The van der Waals surface area contributed by atoms with Gasteiger partial charge in [0.2, 0.25) is 0 Å². The number of aromatic nitrogens is 8. The minimum atomic E-state index is -5.58. The van der Waals surface area contributed by atoms with E-state index in [1.807, 2.05) is 0 Å². The van der Waals surface area contributed by atoms with Gasteiger partial charge in [0.1, 0.15) is 60.3 Å². The first-order valence-corrected chi connectivity index (χ1v) is 35.7. The van der Waals surface area contributed by atoms with E-state index in [0.717, 1.165) is 12.7 Å². The van der Waals surface area contributed by atoms with Crippen molar-refractivity contribution in [2.24, 2.45) is 0 Å². The van der Waals surface area contributed by atoms with Gasteiger partial charge < -0.3 is 75.3 Å². The number of rotatable bonds is 39. The number of nitrogen functional groups attached to an aromatic ring is 2. The lowest BCUT2D eigenvalue weighted by Crippen LogP contribution is -2.33. The van der Waals surface area contributed by atoms with Crippen LogP contribution in [0.1, 0.15) is 190 Å². The standard InChI is InChI=1S/C20H27N10O15P3.3C12H27N.B/c21-15-9-17(25-3-23-15)29(5-27-9)19-13(33)11(31)7(42-19)1-40-46(35)44-48(38,39)45-47(36,37)41-2-8-12(32)14(34)20(43-8)30-6-28-10-16(22)24-4-26-18(10)30;3*1-4-7-10-13(11-8-5-2)12-9-6-3;/h3-8,11-14,19-20,31-35H,1-2H2,(H,36,37)(H,38,39)(H2,21,23,25)(H2,22,24,26);3*4-12H2,1-3H3;/t7-,8-,11-,12-,13-,14-,19-,20-,46-;;;;/m1..../s1. The molecular formula is C56H108BN13O15P3. The smallest absolute Gasteiger partial charge is 0.387 e. The van der Waals surface area contributed by atoms with Crippen molar-refractivity contribution in [3.8, 4) is 0 Å². The quantitative estimate of drug-likeness (QED) is 0.0150. The monoisotopic (exact) mass is 1310 g/mol. The summed E-state index contributed by atoms with van der Waals surface area (Å²) < 4.78 is 56.5. The molecule has 0 bridgehead atoms. The number of nitrogens with two attached hydrogens (primary N) is 2. The van der Waals surface area contributed by atoms with E-state index >= 15 is 0 Å². The highest BCUT2D eigenvalue weighted by molar-refractivity contribution is 7.65. The molecule has 2 unspecified atom stereocenters. The number of hydrogen-bond donors (Lipinski definition) is 9. The SMILES string of the molecule is CCCCN(CCCC)CCCC.CCCCN(CCCC)CCCC.CCCCN(CCCC)CCCC.Nc1ncnc2c1ncn2[C@@H]1O[C@H](CO[P@@](O)OP(=O)(O)OP(=O)(O)OC[C@H]2O[C@@H](n3cnc4c(N)ncnc43)[C@H](O)[C@@H]2O)[C@@H](O)[C@H]1O.[B]. The van der Waals surface area contributed by atoms with Crippen molar-refractivity contribution >= 4 is 66.6 Å². The van der Waals surface area contributed by atoms with Gasteiger partial charge in [-0.2, -0.15) is 4.31 Å². The Labute approximate surface area is 525 Å². The molecule has 505 valence electrons. The van der Waals surface area contributed by atoms with Gasteiger partial charge in [0, 0.05) is 8.41 Å². The molecule has 2 saturated heterocycles. The Morgan fingerprint density at radius 2 is 0.807 bits per heavy atom. The normalized spacial score (nSPS) is 21.8. The first-order valence-electron chi connectivity index (χ1n) is 31.6. The maximum absolute atomic E-state index is 12.4. The lowest BCUT2D eigenvalue weighted by atomic mass is 10.1. The molecule has 0 spiro atoms. The van der Waals surface area contributed by atoms with Crippen LogP contribution in [0.5, 0.6) is 0 Å². The van der Waals surface area contributed by atoms with Crippen LogP contribution in [0.3, 0.4) is 0 Å². The number of hydrogen-bond acceptors (Lipinski definition) is 24. The third-order valence-electron chi connectivity index (χ3n) is 14.6. The third kappa shape index (κ3) is 28.1. The number of nitrogens with zero attached hydrogens (tertiary/aromatic N) is 11. The molecule has 0 aliphatic carbocycles. The fourth-order valence-electron chi connectivity index (χ4n) is 9.33. The Kier molecular flexibility index (Phi) is 41.1. The van der Waals surface area contributed by atoms with Crippen LogP contribution in [0.15, 0.2) is 25.3 Å². The summed E-state index contributed by atoms with van der Waals surface area (Å²) in [7, 11) is -14.4. The zero-order valence-electron chi connectivity index (χ0n) is 53.8. The highest BCUT2D eigenvalue weighted by Gasteiger charge is 2.48. The number of ether oxygens (including phenoxy) is 2. The zero-order valence-corrected chi connectivity index (χ0v) is 56.5. The molecule has 6 heterocycles. The van der Waals surface area contributed by atoms with Crippen LogP contribution < -0.4 is 11.5 Å². The minimum absolute atomic E-state index is 0. The largest absolute Gasteiger partial charge is 0.487 e. The van der Waals surface area contributed by atoms with Gasteiger partial charge in [-0.25, -0.2) is 43.3 Å². The van der Waals surface area contributed by atoms with E-state index < -0.39 is 86.5 Å². The van der Waals surface area contributed by atoms with E-state index in [1.54, 1.807) is 0 Å². The molecule has 32 heteroatoms. The van der Waals surface area contributed by atoms with Gasteiger partial charge in [0.15, 0.2) is 35.4 Å². The Morgan fingerprint density at radius 1 is 0.500 bits per heavy atom. The first kappa shape index (κ1) is 81.1. The number of aliphatic hydroxyl groups is 4. The van der Waals surface area contributed by atoms with Gasteiger partial charge in [-0.05, 0) is 117 Å². The topological polar surface area (TPSA) is 380 Å². The minimum Gasteiger partial charge on any atom is -0.387 e. The predicted octanol–water partition coefficient (Wildman–Crippen LogP) is 8.24. The Morgan fingerprint density at radius 3 is 1.11 bits per heavy atom. The van der Waals surface area contributed by atoms with E-state index in [9.17, 15) is 44.2 Å². The number of phosphoric ester groups is 1. The van der Waals surface area contributed by atoms with Gasteiger partial charge in [0.05, 0.1) is 25.9 Å². The van der Waals surface area contributed by atoms with E-state index in [2.05, 4.69) is 120 Å². The predicted molar refractivity (Wildman–Crippen MR) is 343 cm³/mol. The van der Waals surface area contributed by atoms with Crippen LogP contribution in [0.2, 0.25) is 0 Å². The van der Waals surface area contributed by atoms with Gasteiger partial charge in [-0.1, -0.05) is 120 Å². The molecule has 4 aromatic heterocycles. The molecule has 0 saturated carbocycles. The van der Waals surface area contributed by atoms with Crippen LogP contribution in [-0.2, 0) is 36.3 Å². The molecule has 88 heavy (non-hydrogen) atoms. The van der Waals surface area contributed by atoms with Gasteiger partial charge in [0.25, 0.3) is 0 Å². The second kappa shape index (κ2) is 44.5. The Balaban J connectivity index is 0.000000535. The summed E-state index contributed by atoms with van der Waals surface area (Å²) in [6.07, 6.45) is 17.2. The fraction of sp³-hybridized carbons (Fsp3) is 0.821. The second-order valence-corrected chi connectivity index (χ2v) is 26.1. The lowest BCUT2D eigenvalue weighted by Gasteiger charge is -2.21. The summed E-state index contributed by atoms with van der Waals surface area (Å²) in [4.78, 5) is 61.6. The maximum atomic E-state index is 12.4. The molecule has 11 N–H and O–H groups in total. The molecule has 2 aliphatic heterocycles. The maximum Gasteiger partial charge on any atom is 0.487 e. The van der Waals surface area contributed by atoms with E-state index in [-0.39, 0.29) is 42.4 Å². The number of aliphatic hydroxyl groups excluding tert-OH is 4. The molecule has 2 fully saturated rings. The van der Waals surface area contributed by atoms with Crippen molar-refractivity contribution in [3.63, 3.8) is 0 Å². The van der Waals surface area contributed by atoms with Crippen LogP contribution in [0.4, 0.5) is 11.6 Å². The van der Waals surface area contributed by atoms with E-state index in [0.29, 0.717) is 0 Å². The lowest BCUT2D eigenvalue weighted by molar-refractivity contribution is -0.0505. The summed E-state index contributed by atoms with van der Waals surface area (Å²) in [6, 6.07) is 0. The number of imidazole rings is 2. The zero-order chi connectivity index (χ0) is 64.4. The first-order chi connectivity index (χ1) is 41.7. The molecule has 0 aromatic carbocycles. The van der Waals surface area contributed by atoms with Gasteiger partial charge >= 0.3 is 24.2 Å². The fourth-order valence-corrected chi connectivity index (χ4v) is 12.5. The molecule has 3 radical (unpaired) electrons. The Hall–Kier alpha value is -2.99. The van der Waals surface area contributed by atoms with Crippen LogP contribution in [-0.4, -0.2) is 206 Å². The molecule has 6 rings (SSSR count). The highest BCUT2D eigenvalue weighted by Crippen LogP contribution is 2.65. The van der Waals surface area contributed by atoms with Crippen LogP contribution in [0.25, 0.3) is 22.3 Å². The van der Waals surface area contributed by atoms with Crippen molar-refractivity contribution in [1.82, 2.24) is 53.7 Å². The number of phosphoric acid groups is 2. The second-order valence-electron chi connectivity index (χ2n) is 21.9. The molecule has 0 amide bonds. The third-order valence-corrected chi connectivity index (χ3v) is 18.5. The summed E-state index contributed by atoms with van der Waals surface area (Å²) >= 11 is 0. The molecule has 2 aliphatic rings.